The van der Waals surface area contributed by atoms with Crippen LogP contribution in [-0.4, -0.2) is 18.3 Å². The van der Waals surface area contributed by atoms with E-state index in [1.807, 2.05) is 18.2 Å². The Bertz CT molecular complexity index is 384. The van der Waals surface area contributed by atoms with Crippen LogP contribution in [0, 0.1) is 0 Å². The monoisotopic (exact) mass is 245 g/mol. The first-order chi connectivity index (χ1) is 6.70. The molecule has 0 saturated carbocycles. The second-order valence-electron chi connectivity index (χ2n) is 3.20. The molecular weight excluding hydrogens is 234 g/mol. The number of carbonyl (C=O) groups excluding carboxylic acids is 1. The summed E-state index contributed by atoms with van der Waals surface area (Å²) in [6.45, 7) is 0. The molecule has 82 valence electrons. The molecule has 1 heterocycles. The van der Waals surface area contributed by atoms with Gasteiger partial charge in [-0.1, -0.05) is 0 Å². The molecule has 15 heavy (non-hydrogen) atoms. The Morgan fingerprint density at radius 2 is 2.33 bits per heavy atom. The predicted molar refractivity (Wildman–Crippen MR) is 63.5 cm³/mol. The van der Waals surface area contributed by atoms with Crippen molar-refractivity contribution >= 4 is 35.8 Å². The van der Waals surface area contributed by atoms with Crippen LogP contribution in [0.3, 0.4) is 0 Å². The zero-order chi connectivity index (χ0) is 10.1. The van der Waals surface area contributed by atoms with Crippen molar-refractivity contribution in [3.63, 3.8) is 0 Å². The fourth-order valence-electron chi connectivity index (χ4n) is 1.53. The highest BCUT2D eigenvalue weighted by Crippen LogP contribution is 2.38. The van der Waals surface area contributed by atoms with Crippen molar-refractivity contribution < 1.29 is 9.53 Å². The summed E-state index contributed by atoms with van der Waals surface area (Å²) in [6, 6.07) is 5.73. The number of carbonyl (C=O) groups is 1. The number of halogens is 1. The Labute approximate surface area is 98.8 Å². The van der Waals surface area contributed by atoms with Gasteiger partial charge in [-0.2, -0.15) is 0 Å². The molecule has 0 bridgehead atoms. The molecule has 2 rings (SSSR count). The number of thioether (sulfide) groups is 1. The lowest BCUT2D eigenvalue weighted by molar-refractivity contribution is -0.139. The van der Waals surface area contributed by atoms with Crippen LogP contribution in [0.4, 0.5) is 5.69 Å². The molecule has 0 fully saturated rings. The summed E-state index contributed by atoms with van der Waals surface area (Å²) in [4.78, 5) is 12.4. The van der Waals surface area contributed by atoms with Crippen LogP contribution in [0.1, 0.15) is 5.56 Å². The van der Waals surface area contributed by atoms with E-state index in [4.69, 9.17) is 10.5 Å². The van der Waals surface area contributed by atoms with Crippen molar-refractivity contribution in [3.05, 3.63) is 23.8 Å². The largest absolute Gasteiger partial charge is 0.468 e. The van der Waals surface area contributed by atoms with Gasteiger partial charge in [0, 0.05) is 10.6 Å². The summed E-state index contributed by atoms with van der Waals surface area (Å²) in [5, 5.41) is -0.100. The van der Waals surface area contributed by atoms with Gasteiger partial charge in [-0.25, -0.2) is 0 Å². The van der Waals surface area contributed by atoms with E-state index in [1.165, 1.54) is 7.11 Å². The fraction of sp³-hybridized carbons (Fsp3) is 0.300. The number of ether oxygens (including phenoxy) is 1. The SMILES string of the molecule is COC(=O)C1Cc2cc(N)ccc2S1.Cl. The van der Waals surface area contributed by atoms with E-state index in [9.17, 15) is 4.79 Å². The van der Waals surface area contributed by atoms with Crippen LogP contribution >= 0.6 is 24.2 Å². The number of methoxy groups -OCH3 is 1. The molecule has 3 nitrogen and oxygen atoms in total. The first-order valence-corrected chi connectivity index (χ1v) is 5.21. The lowest BCUT2D eigenvalue weighted by atomic mass is 10.1. The van der Waals surface area contributed by atoms with Gasteiger partial charge in [0.25, 0.3) is 0 Å². The molecule has 0 radical (unpaired) electrons. The maximum Gasteiger partial charge on any atom is 0.319 e. The van der Waals surface area contributed by atoms with Gasteiger partial charge in [-0.15, -0.1) is 24.2 Å². The van der Waals surface area contributed by atoms with Gasteiger partial charge in [0.15, 0.2) is 0 Å². The third kappa shape index (κ3) is 2.38. The van der Waals surface area contributed by atoms with Crippen molar-refractivity contribution in [3.8, 4) is 0 Å². The van der Waals surface area contributed by atoms with Crippen LogP contribution < -0.4 is 5.73 Å². The number of esters is 1. The Kier molecular flexibility index (Phi) is 3.88. The molecule has 5 heteroatoms. The molecule has 1 unspecified atom stereocenters. The maximum atomic E-state index is 11.3. The van der Waals surface area contributed by atoms with Crippen LogP contribution in [0.15, 0.2) is 23.1 Å². The van der Waals surface area contributed by atoms with Crippen LogP contribution in [-0.2, 0) is 16.0 Å². The van der Waals surface area contributed by atoms with Crippen molar-refractivity contribution in [1.82, 2.24) is 0 Å². The highest BCUT2D eigenvalue weighted by atomic mass is 35.5. The summed E-state index contributed by atoms with van der Waals surface area (Å²) in [5.41, 5.74) is 7.55. The smallest absolute Gasteiger partial charge is 0.319 e. The van der Waals surface area contributed by atoms with E-state index in [0.29, 0.717) is 0 Å². The number of rotatable bonds is 1. The van der Waals surface area contributed by atoms with Gasteiger partial charge in [0.1, 0.15) is 5.25 Å². The number of nitrogens with two attached hydrogens (primary N) is 1. The zero-order valence-corrected chi connectivity index (χ0v) is 9.86. The van der Waals surface area contributed by atoms with Crippen LogP contribution in [0.25, 0.3) is 0 Å². The maximum absolute atomic E-state index is 11.3. The molecule has 2 N–H and O–H groups in total. The van der Waals surface area contributed by atoms with Crippen LogP contribution in [0.5, 0.6) is 0 Å². The minimum absolute atomic E-state index is 0. The fourth-order valence-corrected chi connectivity index (χ4v) is 2.73. The van der Waals surface area contributed by atoms with Gasteiger partial charge in [0.05, 0.1) is 7.11 Å². The van der Waals surface area contributed by atoms with E-state index in [0.717, 1.165) is 22.6 Å². The Morgan fingerprint density at radius 1 is 1.60 bits per heavy atom. The summed E-state index contributed by atoms with van der Waals surface area (Å²) in [6.07, 6.45) is 0.720. The molecule has 1 aliphatic heterocycles. The van der Waals surface area contributed by atoms with E-state index >= 15 is 0 Å². The van der Waals surface area contributed by atoms with E-state index in [2.05, 4.69) is 0 Å². The van der Waals surface area contributed by atoms with E-state index < -0.39 is 0 Å². The molecule has 1 aliphatic rings. The normalized spacial score (nSPS) is 17.8. The number of benzene rings is 1. The molecule has 1 aromatic rings. The molecular formula is C10H12ClNO2S. The summed E-state index contributed by atoms with van der Waals surface area (Å²) in [7, 11) is 1.42. The summed E-state index contributed by atoms with van der Waals surface area (Å²) >= 11 is 1.55. The Balaban J connectivity index is 0.00000112. The first kappa shape index (κ1) is 12.2. The third-order valence-electron chi connectivity index (χ3n) is 2.22. The van der Waals surface area contributed by atoms with Gasteiger partial charge >= 0.3 is 5.97 Å². The summed E-state index contributed by atoms with van der Waals surface area (Å²) < 4.78 is 4.70. The standard InChI is InChI=1S/C10H11NO2S.ClH/c1-13-10(12)9-5-6-4-7(11)2-3-8(6)14-9;/h2-4,9H,5,11H2,1H3;1H. The molecule has 0 saturated heterocycles. The highest BCUT2D eigenvalue weighted by Gasteiger charge is 2.28. The molecule has 0 amide bonds. The van der Waals surface area contributed by atoms with E-state index in [-0.39, 0.29) is 23.6 Å². The number of anilines is 1. The number of hydrogen-bond donors (Lipinski definition) is 1. The Morgan fingerprint density at radius 3 is 3.00 bits per heavy atom. The molecule has 0 spiro atoms. The number of nitrogen functional groups attached to an aromatic ring is 1. The molecule has 1 aromatic carbocycles. The quantitative estimate of drug-likeness (QED) is 0.606. The second-order valence-corrected chi connectivity index (χ2v) is 4.45. The molecule has 0 aliphatic carbocycles. The minimum Gasteiger partial charge on any atom is -0.468 e. The second kappa shape index (κ2) is 4.77. The van der Waals surface area contributed by atoms with E-state index in [1.54, 1.807) is 11.8 Å². The van der Waals surface area contributed by atoms with Crippen molar-refractivity contribution in [2.45, 2.75) is 16.6 Å². The average molecular weight is 246 g/mol. The highest BCUT2D eigenvalue weighted by molar-refractivity contribution is 8.01. The minimum atomic E-state index is -0.162. The van der Waals surface area contributed by atoms with Gasteiger partial charge in [-0.3, -0.25) is 4.79 Å². The molecule has 1 atom stereocenters. The number of fused-ring (bicyclic) bond motifs is 1. The first-order valence-electron chi connectivity index (χ1n) is 4.33. The Hall–Kier alpha value is -0.870. The van der Waals surface area contributed by atoms with Crippen LogP contribution in [0.2, 0.25) is 0 Å². The van der Waals surface area contributed by atoms with Gasteiger partial charge < -0.3 is 10.5 Å². The number of hydrogen-bond acceptors (Lipinski definition) is 4. The molecule has 0 aromatic heterocycles. The third-order valence-corrected chi connectivity index (χ3v) is 3.52. The van der Waals surface area contributed by atoms with Gasteiger partial charge in [0.2, 0.25) is 0 Å². The summed E-state index contributed by atoms with van der Waals surface area (Å²) in [5.74, 6) is -0.162. The predicted octanol–water partition coefficient (Wildman–Crippen LogP) is 1.88. The topological polar surface area (TPSA) is 52.3 Å². The van der Waals surface area contributed by atoms with Crippen molar-refractivity contribution in [1.29, 1.82) is 0 Å². The van der Waals surface area contributed by atoms with Crippen molar-refractivity contribution in [2.75, 3.05) is 12.8 Å². The lowest BCUT2D eigenvalue weighted by Crippen LogP contribution is -2.17. The zero-order valence-electron chi connectivity index (χ0n) is 8.23. The van der Waals surface area contributed by atoms with Gasteiger partial charge in [-0.05, 0) is 30.2 Å². The van der Waals surface area contributed by atoms with Crippen molar-refractivity contribution in [2.24, 2.45) is 0 Å². The lowest BCUT2D eigenvalue weighted by Gasteiger charge is -2.03. The average Bonchev–Trinajstić information content (AvgIpc) is 2.59.